The highest BCUT2D eigenvalue weighted by molar-refractivity contribution is 7.96. The molecule has 0 saturated carbocycles. The average Bonchev–Trinajstić information content (AvgIpc) is 2.80. The Hall–Kier alpha value is -1.25. The van der Waals surface area contributed by atoms with Crippen molar-refractivity contribution in [3.8, 4) is 0 Å². The van der Waals surface area contributed by atoms with Gasteiger partial charge in [0, 0.05) is 20.1 Å². The third kappa shape index (κ3) is 3.02. The minimum Gasteiger partial charge on any atom is -0.264 e. The number of amidine groups is 1. The highest BCUT2D eigenvalue weighted by atomic mass is 32.2. The van der Waals surface area contributed by atoms with E-state index in [9.17, 15) is 8.42 Å². The summed E-state index contributed by atoms with van der Waals surface area (Å²) in [4.78, 5) is 4.50. The van der Waals surface area contributed by atoms with Crippen molar-refractivity contribution in [2.45, 2.75) is 18.7 Å². The molecule has 1 heterocycles. The molecule has 1 aliphatic rings. The third-order valence-corrected chi connectivity index (χ3v) is 5.93. The molecule has 0 aromatic heterocycles. The molecule has 0 N–H and O–H groups in total. The number of hydrazine groups is 1. The quantitative estimate of drug-likeness (QED) is 0.835. The number of benzene rings is 1. The summed E-state index contributed by atoms with van der Waals surface area (Å²) >= 11 is 4.25. The van der Waals surface area contributed by atoms with Crippen molar-refractivity contribution < 1.29 is 8.42 Å². The van der Waals surface area contributed by atoms with Gasteiger partial charge in [-0.3, -0.25) is 10.0 Å². The van der Waals surface area contributed by atoms with Gasteiger partial charge in [0.15, 0.2) is 5.17 Å². The van der Waals surface area contributed by atoms with E-state index in [-0.39, 0.29) is 0 Å². The molecule has 1 aliphatic heterocycles. The molecule has 0 saturated heterocycles. The molecule has 2 rings (SSSR count). The number of sulfonamides is 1. The Morgan fingerprint density at radius 3 is 2.52 bits per heavy atom. The van der Waals surface area contributed by atoms with Crippen LogP contribution in [0.15, 0.2) is 34.2 Å². The average molecular weight is 328 g/mol. The number of hydrogen-bond donors (Lipinski definition) is 1. The number of aliphatic imine (C=N–C) groups is 1. The topological polar surface area (TPSA) is 56.2 Å². The minimum atomic E-state index is -3.45. The predicted octanol–water partition coefficient (Wildman–Crippen LogP) is 1.63. The summed E-state index contributed by atoms with van der Waals surface area (Å²) in [5, 5.41) is 4.25. The molecule has 116 valence electrons. The molecule has 0 spiro atoms. The van der Waals surface area contributed by atoms with Gasteiger partial charge < -0.3 is 0 Å². The van der Waals surface area contributed by atoms with Crippen molar-refractivity contribution in [1.29, 1.82) is 0 Å². The van der Waals surface area contributed by atoms with Crippen LogP contribution >= 0.6 is 12.6 Å². The maximum atomic E-state index is 12.6. The van der Waals surface area contributed by atoms with E-state index >= 15 is 0 Å². The molecule has 1 aromatic carbocycles. The van der Waals surface area contributed by atoms with Gasteiger partial charge in [0.1, 0.15) is 6.67 Å². The van der Waals surface area contributed by atoms with Gasteiger partial charge >= 0.3 is 0 Å². The van der Waals surface area contributed by atoms with Gasteiger partial charge in [-0.2, -0.15) is 4.31 Å². The van der Waals surface area contributed by atoms with E-state index in [2.05, 4.69) is 17.6 Å². The fourth-order valence-corrected chi connectivity index (χ4v) is 3.88. The molecule has 1 aromatic rings. The lowest BCUT2D eigenvalue weighted by molar-refractivity contribution is 0.445. The molecule has 8 heteroatoms. The monoisotopic (exact) mass is 328 g/mol. The fourth-order valence-electron chi connectivity index (χ4n) is 2.21. The van der Waals surface area contributed by atoms with Gasteiger partial charge in [0.2, 0.25) is 10.0 Å². The molecule has 0 amide bonds. The van der Waals surface area contributed by atoms with E-state index in [1.54, 1.807) is 23.2 Å². The Bertz CT molecular complexity index is 641. The molecule has 0 fully saturated rings. The summed E-state index contributed by atoms with van der Waals surface area (Å²) in [6.07, 6.45) is 0. The third-order valence-electron chi connectivity index (χ3n) is 3.46. The van der Waals surface area contributed by atoms with E-state index in [0.717, 1.165) is 5.69 Å². The first-order valence-electron chi connectivity index (χ1n) is 6.76. The normalized spacial score (nSPS) is 15.8. The molecule has 0 aliphatic carbocycles. The molecule has 0 atom stereocenters. The van der Waals surface area contributed by atoms with E-state index in [0.29, 0.717) is 29.8 Å². The lowest BCUT2D eigenvalue weighted by atomic mass is 10.3. The lowest BCUT2D eigenvalue weighted by Crippen LogP contribution is -2.36. The Balaban J connectivity index is 2.35. The minimum absolute atomic E-state index is 0.296. The zero-order chi connectivity index (χ0) is 15.6. The van der Waals surface area contributed by atoms with Crippen LogP contribution in [0.3, 0.4) is 0 Å². The van der Waals surface area contributed by atoms with Crippen LogP contribution in [0, 0.1) is 0 Å². The first-order valence-corrected chi connectivity index (χ1v) is 8.65. The van der Waals surface area contributed by atoms with Crippen molar-refractivity contribution in [3.63, 3.8) is 0 Å². The maximum absolute atomic E-state index is 12.6. The number of nitrogens with zero attached hydrogens (tertiary/aromatic N) is 4. The van der Waals surface area contributed by atoms with E-state index in [4.69, 9.17) is 0 Å². The van der Waals surface area contributed by atoms with Crippen molar-refractivity contribution in [1.82, 2.24) is 9.31 Å². The van der Waals surface area contributed by atoms with Crippen molar-refractivity contribution >= 4 is 33.5 Å². The van der Waals surface area contributed by atoms with E-state index < -0.39 is 10.0 Å². The Morgan fingerprint density at radius 1 is 1.33 bits per heavy atom. The van der Waals surface area contributed by atoms with Crippen LogP contribution in [0.5, 0.6) is 0 Å². The number of rotatable bonds is 5. The summed E-state index contributed by atoms with van der Waals surface area (Å²) < 4.78 is 26.6. The summed E-state index contributed by atoms with van der Waals surface area (Å²) in [5.74, 6) is 0. The first kappa shape index (κ1) is 16.1. The Morgan fingerprint density at radius 2 is 2.00 bits per heavy atom. The molecule has 21 heavy (non-hydrogen) atoms. The number of anilines is 1. The van der Waals surface area contributed by atoms with Crippen LogP contribution in [-0.2, 0) is 10.0 Å². The van der Waals surface area contributed by atoms with Crippen molar-refractivity contribution in [3.05, 3.63) is 24.3 Å². The van der Waals surface area contributed by atoms with Crippen molar-refractivity contribution in [2.75, 3.05) is 31.8 Å². The van der Waals surface area contributed by atoms with Crippen LogP contribution in [0.4, 0.5) is 5.69 Å². The highest BCUT2D eigenvalue weighted by Gasteiger charge is 2.24. The smallest absolute Gasteiger partial charge is 0.243 e. The van der Waals surface area contributed by atoms with Gasteiger partial charge in [-0.25, -0.2) is 13.4 Å². The highest BCUT2D eigenvalue weighted by Crippen LogP contribution is 2.25. The maximum Gasteiger partial charge on any atom is 0.243 e. The Kier molecular flexibility index (Phi) is 4.80. The van der Waals surface area contributed by atoms with Crippen LogP contribution < -0.4 is 5.01 Å². The molecular formula is C13H20N4O2S2. The molecule has 6 nitrogen and oxygen atoms in total. The second kappa shape index (κ2) is 6.25. The number of hydrogen-bond acceptors (Lipinski definition) is 5. The van der Waals surface area contributed by atoms with Crippen molar-refractivity contribution in [2.24, 2.45) is 4.99 Å². The fraction of sp³-hybridized carbons (Fsp3) is 0.462. The molecule has 0 unspecified atom stereocenters. The SMILES string of the molecule is CCN(CC)S(=O)(=O)c1cccc(N2CN=C(S)N2C)c1. The van der Waals surface area contributed by atoms with Crippen LogP contribution in [0.25, 0.3) is 0 Å². The predicted molar refractivity (Wildman–Crippen MR) is 88.1 cm³/mol. The second-order valence-corrected chi connectivity index (χ2v) is 6.95. The second-order valence-electron chi connectivity index (χ2n) is 4.61. The van der Waals surface area contributed by atoms with Crippen LogP contribution in [-0.4, -0.2) is 49.7 Å². The van der Waals surface area contributed by atoms with E-state index in [1.807, 2.05) is 32.0 Å². The number of thiol groups is 1. The van der Waals surface area contributed by atoms with Crippen LogP contribution in [0.2, 0.25) is 0 Å². The lowest BCUT2D eigenvalue weighted by Gasteiger charge is -2.27. The summed E-state index contributed by atoms with van der Waals surface area (Å²) in [6.45, 7) is 5.01. The molecule has 0 radical (unpaired) electrons. The van der Waals surface area contributed by atoms with Gasteiger partial charge in [-0.15, -0.1) is 12.6 Å². The zero-order valence-electron chi connectivity index (χ0n) is 12.4. The van der Waals surface area contributed by atoms with Gasteiger partial charge in [-0.1, -0.05) is 19.9 Å². The van der Waals surface area contributed by atoms with Crippen LogP contribution in [0.1, 0.15) is 13.8 Å². The zero-order valence-corrected chi connectivity index (χ0v) is 14.1. The standard InChI is InChI=1S/C13H20N4O2S2/c1-4-16(5-2)21(18,19)12-8-6-7-11(9-12)17-10-14-13(20)15(17)3/h6-9H,4-5,10H2,1-3H3,(H,14,20). The van der Waals surface area contributed by atoms with Gasteiger partial charge in [-0.05, 0) is 18.2 Å². The Labute approximate surface area is 131 Å². The van der Waals surface area contributed by atoms with Gasteiger partial charge in [0.25, 0.3) is 0 Å². The summed E-state index contributed by atoms with van der Waals surface area (Å²) in [6, 6.07) is 6.90. The molecule has 0 bridgehead atoms. The largest absolute Gasteiger partial charge is 0.264 e. The summed E-state index contributed by atoms with van der Waals surface area (Å²) in [7, 11) is -1.61. The first-order chi connectivity index (χ1) is 9.91. The summed E-state index contributed by atoms with van der Waals surface area (Å²) in [5.41, 5.74) is 0.776. The molecular weight excluding hydrogens is 308 g/mol. The van der Waals surface area contributed by atoms with E-state index in [1.165, 1.54) is 4.31 Å². The van der Waals surface area contributed by atoms with Gasteiger partial charge in [0.05, 0.1) is 10.6 Å².